The third-order valence-corrected chi connectivity index (χ3v) is 6.64. The third kappa shape index (κ3) is 4.69. The normalized spacial score (nSPS) is 17.5. The number of anilines is 1. The first-order valence-electron chi connectivity index (χ1n) is 11.8. The first-order chi connectivity index (χ1) is 15.8. The first-order valence-corrected chi connectivity index (χ1v) is 11.8. The van der Waals surface area contributed by atoms with E-state index in [1.165, 1.54) is 24.6 Å². The summed E-state index contributed by atoms with van der Waals surface area (Å²) in [6.07, 6.45) is 6.71. The maximum atomic E-state index is 13.0. The maximum absolute atomic E-state index is 13.0. The van der Waals surface area contributed by atoms with Gasteiger partial charge in [0.25, 0.3) is 0 Å². The van der Waals surface area contributed by atoms with E-state index < -0.39 is 0 Å². The molecule has 166 valence electrons. The molecular formula is C26H30N4O2. The Balaban J connectivity index is 1.15. The fourth-order valence-electron chi connectivity index (χ4n) is 4.80. The number of hydrogen-bond acceptors (Lipinski definition) is 5. The van der Waals surface area contributed by atoms with Crippen LogP contribution in [0.2, 0.25) is 0 Å². The number of benzene rings is 2. The first kappa shape index (κ1) is 20.7. The fraction of sp³-hybridized carbons (Fsp3) is 0.423. The van der Waals surface area contributed by atoms with E-state index in [1.807, 2.05) is 35.2 Å². The number of piperazine rings is 1. The van der Waals surface area contributed by atoms with Crippen LogP contribution in [0, 0.1) is 0 Å². The summed E-state index contributed by atoms with van der Waals surface area (Å²) in [4.78, 5) is 17.1. The molecule has 0 radical (unpaired) electrons. The average molecular weight is 431 g/mol. The van der Waals surface area contributed by atoms with Crippen LogP contribution >= 0.6 is 0 Å². The summed E-state index contributed by atoms with van der Waals surface area (Å²) in [6, 6.07) is 18.3. The second-order valence-electron chi connectivity index (χ2n) is 8.79. The topological polar surface area (TPSA) is 58.6 Å². The Bertz CT molecular complexity index is 1050. The zero-order valence-electron chi connectivity index (χ0n) is 18.4. The number of carbonyl (C=O) groups excluding carboxylic acids is 1. The second-order valence-corrected chi connectivity index (χ2v) is 8.79. The number of amides is 1. The molecule has 2 heterocycles. The predicted molar refractivity (Wildman–Crippen MR) is 126 cm³/mol. The molecule has 6 heteroatoms. The number of ether oxygens (including phenoxy) is 1. The number of aromatic nitrogens is 2. The number of fused-ring (bicyclic) bond motifs is 1. The van der Waals surface area contributed by atoms with Gasteiger partial charge in [-0.2, -0.15) is 0 Å². The van der Waals surface area contributed by atoms with Gasteiger partial charge in [0.05, 0.1) is 6.42 Å². The van der Waals surface area contributed by atoms with Crippen LogP contribution in [-0.4, -0.2) is 53.3 Å². The highest BCUT2D eigenvalue weighted by Crippen LogP contribution is 2.23. The van der Waals surface area contributed by atoms with Crippen molar-refractivity contribution in [3.8, 4) is 5.88 Å². The molecule has 0 unspecified atom stereocenters. The van der Waals surface area contributed by atoms with E-state index in [-0.39, 0.29) is 12.0 Å². The Labute approximate surface area is 189 Å². The van der Waals surface area contributed by atoms with E-state index in [9.17, 15) is 4.79 Å². The molecule has 0 bridgehead atoms. The zero-order valence-corrected chi connectivity index (χ0v) is 18.4. The minimum Gasteiger partial charge on any atom is -0.473 e. The van der Waals surface area contributed by atoms with Crippen molar-refractivity contribution in [2.24, 2.45) is 0 Å². The SMILES string of the molecule is O=C(Cc1cccc2ccccc12)N1CCN(c2ccc(OC3CCCCC3)nn2)CC1. The summed E-state index contributed by atoms with van der Waals surface area (Å²) in [6.45, 7) is 2.93. The van der Waals surface area contributed by atoms with Gasteiger partial charge in [0.15, 0.2) is 5.82 Å². The Morgan fingerprint density at radius 3 is 2.44 bits per heavy atom. The lowest BCUT2D eigenvalue weighted by Crippen LogP contribution is -2.49. The van der Waals surface area contributed by atoms with Crippen LogP contribution in [0.5, 0.6) is 5.88 Å². The van der Waals surface area contributed by atoms with Crippen LogP contribution in [-0.2, 0) is 11.2 Å². The molecule has 1 saturated carbocycles. The molecule has 1 saturated heterocycles. The molecule has 3 aromatic rings. The monoisotopic (exact) mass is 430 g/mol. The molecule has 1 aliphatic heterocycles. The molecule has 0 atom stereocenters. The molecule has 1 aliphatic carbocycles. The lowest BCUT2D eigenvalue weighted by Gasteiger charge is -2.35. The number of hydrogen-bond donors (Lipinski definition) is 0. The van der Waals surface area contributed by atoms with Crippen molar-refractivity contribution in [1.29, 1.82) is 0 Å². The van der Waals surface area contributed by atoms with Gasteiger partial charge < -0.3 is 14.5 Å². The molecule has 2 aromatic carbocycles. The summed E-state index contributed by atoms with van der Waals surface area (Å²) >= 11 is 0. The summed E-state index contributed by atoms with van der Waals surface area (Å²) in [5.41, 5.74) is 1.09. The smallest absolute Gasteiger partial charge is 0.233 e. The van der Waals surface area contributed by atoms with Gasteiger partial charge in [0.1, 0.15) is 6.10 Å². The van der Waals surface area contributed by atoms with Crippen molar-refractivity contribution in [2.75, 3.05) is 31.1 Å². The van der Waals surface area contributed by atoms with Gasteiger partial charge in [-0.15, -0.1) is 10.2 Å². The number of rotatable bonds is 5. The van der Waals surface area contributed by atoms with Crippen molar-refractivity contribution < 1.29 is 9.53 Å². The summed E-state index contributed by atoms with van der Waals surface area (Å²) in [7, 11) is 0. The Morgan fingerprint density at radius 1 is 0.875 bits per heavy atom. The quantitative estimate of drug-likeness (QED) is 0.606. The van der Waals surface area contributed by atoms with Crippen molar-refractivity contribution >= 4 is 22.5 Å². The van der Waals surface area contributed by atoms with Gasteiger partial charge >= 0.3 is 0 Å². The summed E-state index contributed by atoms with van der Waals surface area (Å²) in [5, 5.41) is 11.0. The van der Waals surface area contributed by atoms with E-state index in [1.54, 1.807) is 0 Å². The number of carbonyl (C=O) groups is 1. The minimum atomic E-state index is 0.184. The van der Waals surface area contributed by atoms with Crippen LogP contribution in [0.15, 0.2) is 54.6 Å². The van der Waals surface area contributed by atoms with E-state index in [0.29, 0.717) is 25.4 Å². The Morgan fingerprint density at radius 2 is 1.66 bits per heavy atom. The van der Waals surface area contributed by atoms with Gasteiger partial charge in [-0.1, -0.05) is 48.9 Å². The van der Waals surface area contributed by atoms with Gasteiger partial charge in [-0.25, -0.2) is 0 Å². The van der Waals surface area contributed by atoms with Crippen LogP contribution in [0.4, 0.5) is 5.82 Å². The Hall–Kier alpha value is -3.15. The van der Waals surface area contributed by atoms with E-state index >= 15 is 0 Å². The molecule has 0 spiro atoms. The molecule has 0 N–H and O–H groups in total. The van der Waals surface area contributed by atoms with Crippen molar-refractivity contribution in [3.63, 3.8) is 0 Å². The number of nitrogens with zero attached hydrogens (tertiary/aromatic N) is 4. The van der Waals surface area contributed by atoms with Crippen molar-refractivity contribution in [2.45, 2.75) is 44.6 Å². The van der Waals surface area contributed by atoms with E-state index in [2.05, 4.69) is 39.4 Å². The standard InChI is InChI=1S/C26H30N4O2/c31-26(19-21-9-6-8-20-7-4-5-12-23(20)21)30-17-15-29(16-18-30)24-13-14-25(28-27-24)32-22-10-2-1-3-11-22/h4-9,12-14,22H,1-3,10-11,15-19H2. The van der Waals surface area contributed by atoms with Crippen LogP contribution in [0.25, 0.3) is 10.8 Å². The molecule has 2 fully saturated rings. The molecule has 1 amide bonds. The molecule has 2 aliphatic rings. The van der Waals surface area contributed by atoms with Crippen LogP contribution in [0.1, 0.15) is 37.7 Å². The summed E-state index contributed by atoms with van der Waals surface area (Å²) < 4.78 is 5.99. The fourth-order valence-corrected chi connectivity index (χ4v) is 4.80. The average Bonchev–Trinajstić information content (AvgIpc) is 2.85. The van der Waals surface area contributed by atoms with Crippen LogP contribution < -0.4 is 9.64 Å². The molecule has 5 rings (SSSR count). The predicted octanol–water partition coefficient (Wildman–Crippen LogP) is 4.23. The lowest BCUT2D eigenvalue weighted by molar-refractivity contribution is -0.130. The molecular weight excluding hydrogens is 400 g/mol. The highest BCUT2D eigenvalue weighted by Gasteiger charge is 2.23. The van der Waals surface area contributed by atoms with Gasteiger partial charge in [0, 0.05) is 32.2 Å². The second kappa shape index (κ2) is 9.55. The highest BCUT2D eigenvalue weighted by molar-refractivity contribution is 5.90. The summed E-state index contributed by atoms with van der Waals surface area (Å²) in [5.74, 6) is 1.65. The van der Waals surface area contributed by atoms with Gasteiger partial charge in [0.2, 0.25) is 11.8 Å². The third-order valence-electron chi connectivity index (χ3n) is 6.64. The maximum Gasteiger partial charge on any atom is 0.233 e. The van der Waals surface area contributed by atoms with E-state index in [0.717, 1.165) is 42.7 Å². The van der Waals surface area contributed by atoms with Crippen LogP contribution in [0.3, 0.4) is 0 Å². The van der Waals surface area contributed by atoms with E-state index in [4.69, 9.17) is 4.74 Å². The Kier molecular flexibility index (Phi) is 6.19. The van der Waals surface area contributed by atoms with Crippen molar-refractivity contribution in [1.82, 2.24) is 15.1 Å². The highest BCUT2D eigenvalue weighted by atomic mass is 16.5. The lowest BCUT2D eigenvalue weighted by atomic mass is 9.98. The molecule has 6 nitrogen and oxygen atoms in total. The van der Waals surface area contributed by atoms with Gasteiger partial charge in [-0.05, 0) is 48.1 Å². The molecule has 1 aromatic heterocycles. The van der Waals surface area contributed by atoms with Crippen molar-refractivity contribution in [3.05, 3.63) is 60.2 Å². The minimum absolute atomic E-state index is 0.184. The zero-order chi connectivity index (χ0) is 21.8. The molecule has 32 heavy (non-hydrogen) atoms. The largest absolute Gasteiger partial charge is 0.473 e. The van der Waals surface area contributed by atoms with Gasteiger partial charge in [-0.3, -0.25) is 4.79 Å².